The molecule has 2 N–H and O–H groups in total. The molecule has 4 heterocycles. The van der Waals surface area contributed by atoms with E-state index in [9.17, 15) is 14.9 Å². The van der Waals surface area contributed by atoms with Gasteiger partial charge in [0, 0.05) is 52.7 Å². The van der Waals surface area contributed by atoms with Crippen LogP contribution in [0.3, 0.4) is 0 Å². The molecule has 3 atom stereocenters. The van der Waals surface area contributed by atoms with E-state index >= 15 is 4.79 Å². The lowest BCUT2D eigenvalue weighted by molar-refractivity contribution is -0.139. The van der Waals surface area contributed by atoms with Crippen molar-refractivity contribution in [3.63, 3.8) is 0 Å². The van der Waals surface area contributed by atoms with E-state index in [1.165, 1.54) is 0 Å². The van der Waals surface area contributed by atoms with Gasteiger partial charge in [-0.05, 0) is 37.2 Å². The molecule has 2 spiro atoms. The predicted molar refractivity (Wildman–Crippen MR) is 155 cm³/mol. The number of para-hydroxylation sites is 3. The van der Waals surface area contributed by atoms with Crippen LogP contribution in [-0.4, -0.2) is 47.6 Å². The summed E-state index contributed by atoms with van der Waals surface area (Å²) in [6.07, 6.45) is 3.26. The number of Topliss-reactive ketones (excluding diaryl/α,β-unsaturated/α-hetero) is 1. The molecule has 1 saturated heterocycles. The number of nitrogens with one attached hydrogen (secondary N) is 2. The van der Waals surface area contributed by atoms with Gasteiger partial charge in [0.05, 0.1) is 6.07 Å². The zero-order valence-corrected chi connectivity index (χ0v) is 22.9. The maximum absolute atomic E-state index is 15.0. The normalized spacial score (nSPS) is 26.5. The summed E-state index contributed by atoms with van der Waals surface area (Å²) in [5.41, 5.74) is -1.97. The van der Waals surface area contributed by atoms with E-state index in [1.807, 2.05) is 48.5 Å². The molecule has 204 valence electrons. The number of rotatable bonds is 5. The fourth-order valence-corrected chi connectivity index (χ4v) is 7.83. The first-order chi connectivity index (χ1) is 19.9. The Morgan fingerprint density at radius 3 is 2.49 bits per heavy atom. The number of hydrogen-bond acceptors (Lipinski definition) is 5. The fourth-order valence-electron chi connectivity index (χ4n) is 7.83. The van der Waals surface area contributed by atoms with Gasteiger partial charge >= 0.3 is 0 Å². The van der Waals surface area contributed by atoms with Crippen molar-refractivity contribution >= 4 is 39.9 Å². The second-order valence-electron chi connectivity index (χ2n) is 11.2. The van der Waals surface area contributed by atoms with Crippen molar-refractivity contribution in [2.45, 2.75) is 30.7 Å². The summed E-state index contributed by atoms with van der Waals surface area (Å²) >= 11 is 0. The van der Waals surface area contributed by atoms with Crippen LogP contribution in [0.2, 0.25) is 0 Å². The lowest BCUT2D eigenvalue weighted by atomic mass is 9.51. The molecular weight excluding hydrogens is 514 g/mol. The van der Waals surface area contributed by atoms with Crippen LogP contribution in [0, 0.1) is 16.7 Å². The molecule has 8 heteroatoms. The van der Waals surface area contributed by atoms with Crippen molar-refractivity contribution in [3.8, 4) is 6.07 Å². The summed E-state index contributed by atoms with van der Waals surface area (Å²) < 4.78 is 0. The van der Waals surface area contributed by atoms with Gasteiger partial charge in [-0.1, -0.05) is 67.9 Å². The number of benzene rings is 3. The lowest BCUT2D eigenvalue weighted by Gasteiger charge is -2.45. The largest absolute Gasteiger partial charge is 0.360 e. The topological polar surface area (TPSA) is 109 Å². The van der Waals surface area contributed by atoms with Gasteiger partial charge in [0.15, 0.2) is 11.2 Å². The highest BCUT2D eigenvalue weighted by Gasteiger charge is 2.84. The predicted octanol–water partition coefficient (Wildman–Crippen LogP) is 4.74. The number of aromatic nitrogens is 1. The van der Waals surface area contributed by atoms with Gasteiger partial charge in [0.2, 0.25) is 5.91 Å². The van der Waals surface area contributed by atoms with Gasteiger partial charge in [-0.15, -0.1) is 0 Å². The highest BCUT2D eigenvalue weighted by molar-refractivity contribution is 6.24. The van der Waals surface area contributed by atoms with E-state index in [-0.39, 0.29) is 12.5 Å². The molecular formula is C33H29N5O3. The zero-order chi connectivity index (χ0) is 28.6. The molecule has 0 aliphatic carbocycles. The van der Waals surface area contributed by atoms with E-state index in [0.717, 1.165) is 18.4 Å². The molecule has 8 nitrogen and oxygen atoms in total. The van der Waals surface area contributed by atoms with Crippen molar-refractivity contribution in [2.75, 3.05) is 30.4 Å². The summed E-state index contributed by atoms with van der Waals surface area (Å²) in [5.74, 6) is -1.28. The fraction of sp³-hybridized carbons (Fsp3) is 0.273. The average Bonchev–Trinajstić information content (AvgIpc) is 3.69. The number of likely N-dealkylation sites (N-methyl/N-ethyl adjacent to an activating group) is 1. The molecule has 1 aromatic heterocycles. The third-order valence-corrected chi connectivity index (χ3v) is 9.44. The van der Waals surface area contributed by atoms with Crippen LogP contribution in [-0.2, 0) is 20.5 Å². The summed E-state index contributed by atoms with van der Waals surface area (Å²) in [5, 5.41) is 14.9. The SMILES string of the molecule is CCCCN1C(=O)[C@@]2(c3ccccc31)N(C)C[C@](C#N)(C(=O)c1c[nH]c3ccccc13)[C@]21C(=O)Nc2ccccc21. The van der Waals surface area contributed by atoms with Crippen LogP contribution < -0.4 is 10.2 Å². The highest BCUT2D eigenvalue weighted by Crippen LogP contribution is 2.69. The average molecular weight is 544 g/mol. The van der Waals surface area contributed by atoms with Gasteiger partial charge in [0.25, 0.3) is 5.91 Å². The van der Waals surface area contributed by atoms with Gasteiger partial charge < -0.3 is 15.2 Å². The minimum absolute atomic E-state index is 0.106. The van der Waals surface area contributed by atoms with Gasteiger partial charge in [-0.3, -0.25) is 19.3 Å². The first kappa shape index (κ1) is 25.2. The summed E-state index contributed by atoms with van der Waals surface area (Å²) in [4.78, 5) is 51.4. The van der Waals surface area contributed by atoms with Crippen LogP contribution in [0.25, 0.3) is 10.9 Å². The molecule has 3 aromatic carbocycles. The number of aromatic amines is 1. The summed E-state index contributed by atoms with van der Waals surface area (Å²) in [6.45, 7) is 2.43. The molecule has 0 radical (unpaired) electrons. The number of carbonyl (C=O) groups excluding carboxylic acids is 3. The minimum atomic E-state index is -1.92. The molecule has 0 bridgehead atoms. The van der Waals surface area contributed by atoms with Crippen LogP contribution in [0.1, 0.15) is 41.3 Å². The van der Waals surface area contributed by atoms with Crippen molar-refractivity contribution in [2.24, 2.45) is 5.41 Å². The number of likely N-dealkylation sites (tertiary alicyclic amines) is 1. The Labute approximate surface area is 237 Å². The Bertz CT molecular complexity index is 1820. The maximum Gasteiger partial charge on any atom is 0.253 e. The Balaban J connectivity index is 1.59. The first-order valence-corrected chi connectivity index (χ1v) is 14.0. The van der Waals surface area contributed by atoms with Crippen LogP contribution in [0.5, 0.6) is 0 Å². The Hall–Kier alpha value is -4.74. The van der Waals surface area contributed by atoms with Crippen molar-refractivity contribution in [3.05, 3.63) is 95.7 Å². The minimum Gasteiger partial charge on any atom is -0.360 e. The molecule has 0 saturated carbocycles. The second kappa shape index (κ2) is 8.63. The van der Waals surface area contributed by atoms with Crippen molar-refractivity contribution in [1.29, 1.82) is 5.26 Å². The Kier molecular flexibility index (Phi) is 5.31. The number of fused-ring (bicyclic) bond motifs is 6. The Morgan fingerprint density at radius 1 is 1.00 bits per heavy atom. The number of anilines is 2. The monoisotopic (exact) mass is 543 g/mol. The Morgan fingerprint density at radius 2 is 1.71 bits per heavy atom. The molecule has 3 aliphatic rings. The van der Waals surface area contributed by atoms with E-state index in [2.05, 4.69) is 23.3 Å². The highest BCUT2D eigenvalue weighted by atomic mass is 16.2. The third kappa shape index (κ3) is 2.74. The van der Waals surface area contributed by atoms with Gasteiger partial charge in [-0.2, -0.15) is 5.26 Å². The molecule has 1 fully saturated rings. The molecule has 7 rings (SSSR count). The van der Waals surface area contributed by atoms with Crippen LogP contribution in [0.15, 0.2) is 79.0 Å². The molecule has 2 amide bonds. The number of unbranched alkanes of at least 4 members (excludes halogenated alkanes) is 1. The van der Waals surface area contributed by atoms with Gasteiger partial charge in [0.1, 0.15) is 11.0 Å². The van der Waals surface area contributed by atoms with Crippen LogP contribution >= 0.6 is 0 Å². The third-order valence-electron chi connectivity index (χ3n) is 9.44. The maximum atomic E-state index is 15.0. The molecule has 41 heavy (non-hydrogen) atoms. The number of amides is 2. The number of ketones is 1. The number of nitrogens with zero attached hydrogens (tertiary/aromatic N) is 3. The van der Waals surface area contributed by atoms with E-state index in [4.69, 9.17) is 0 Å². The quantitative estimate of drug-likeness (QED) is 0.354. The van der Waals surface area contributed by atoms with Crippen molar-refractivity contribution in [1.82, 2.24) is 9.88 Å². The number of nitriles is 1. The number of hydrogen-bond donors (Lipinski definition) is 2. The summed E-state index contributed by atoms with van der Waals surface area (Å²) in [6, 6.07) is 24.4. The molecule has 0 unspecified atom stereocenters. The van der Waals surface area contributed by atoms with E-state index in [0.29, 0.717) is 40.0 Å². The summed E-state index contributed by atoms with van der Waals surface area (Å²) in [7, 11) is 1.76. The van der Waals surface area contributed by atoms with E-state index < -0.39 is 28.1 Å². The zero-order valence-electron chi connectivity index (χ0n) is 22.9. The standard InChI is InChI=1S/C33H29N5O3/c1-3-4-17-38-27-16-10-7-13-24(27)33(30(38)41)32(23-12-6-9-15-26(23)36-29(32)40)31(19-34,20-37(33)2)28(39)22-18-35-25-14-8-5-11-21(22)25/h5-16,18,35H,3-4,17,20H2,1-2H3,(H,36,40)/t31-,32+,33-/m1/s1. The van der Waals surface area contributed by atoms with E-state index in [1.54, 1.807) is 47.3 Å². The lowest BCUT2D eigenvalue weighted by Crippen LogP contribution is -2.65. The van der Waals surface area contributed by atoms with Crippen LogP contribution in [0.4, 0.5) is 11.4 Å². The second-order valence-corrected chi connectivity index (χ2v) is 11.2. The van der Waals surface area contributed by atoms with Gasteiger partial charge in [-0.25, -0.2) is 0 Å². The first-order valence-electron chi connectivity index (χ1n) is 14.0. The molecule has 3 aliphatic heterocycles. The number of carbonyl (C=O) groups is 3. The smallest absolute Gasteiger partial charge is 0.253 e. The number of H-pyrrole nitrogens is 1. The van der Waals surface area contributed by atoms with Crippen molar-refractivity contribution < 1.29 is 14.4 Å². The molecule has 4 aromatic rings.